The van der Waals surface area contributed by atoms with Crippen molar-refractivity contribution in [2.24, 2.45) is 5.84 Å². The van der Waals surface area contributed by atoms with E-state index in [-0.39, 0.29) is 12.5 Å². The minimum absolute atomic E-state index is 0.217. The highest BCUT2D eigenvalue weighted by Gasteiger charge is 2.05. The molecule has 0 bridgehead atoms. The summed E-state index contributed by atoms with van der Waals surface area (Å²) in [5.74, 6) is 5.71. The van der Waals surface area contributed by atoms with Gasteiger partial charge in [-0.05, 0) is 30.7 Å². The minimum Gasteiger partial charge on any atom is -0.494 e. The maximum atomic E-state index is 11.2. The van der Waals surface area contributed by atoms with Gasteiger partial charge in [0.2, 0.25) is 0 Å². The van der Waals surface area contributed by atoms with E-state index in [0.717, 1.165) is 23.1 Å². The Bertz CT molecular complexity index is 548. The van der Waals surface area contributed by atoms with Gasteiger partial charge in [0.05, 0.1) is 6.61 Å². The van der Waals surface area contributed by atoms with E-state index in [4.69, 9.17) is 10.6 Å². The number of ether oxygens (including phenoxy) is 1. The van der Waals surface area contributed by atoms with E-state index >= 15 is 0 Å². The Kier molecular flexibility index (Phi) is 3.84. The Morgan fingerprint density at radius 3 is 3.00 bits per heavy atom. The van der Waals surface area contributed by atoms with E-state index < -0.39 is 0 Å². The second kappa shape index (κ2) is 5.55. The predicted octanol–water partition coefficient (Wildman–Crippen LogP) is 1.42. The second-order valence-corrected chi connectivity index (χ2v) is 4.08. The molecule has 96 valence electrons. The predicted molar refractivity (Wildman–Crippen MR) is 70.1 cm³/mol. The van der Waals surface area contributed by atoms with E-state index in [2.05, 4.69) is 12.3 Å². The van der Waals surface area contributed by atoms with Crippen LogP contribution in [-0.4, -0.2) is 17.1 Å². The molecule has 2 aromatic rings. The number of nitrogens with zero attached hydrogens (tertiary/aromatic N) is 1. The highest BCUT2D eigenvalue weighted by atomic mass is 16.5. The summed E-state index contributed by atoms with van der Waals surface area (Å²) in [6.07, 6.45) is 2.85. The summed E-state index contributed by atoms with van der Waals surface area (Å²) >= 11 is 0. The van der Waals surface area contributed by atoms with Crippen LogP contribution in [0.5, 0.6) is 5.75 Å². The highest BCUT2D eigenvalue weighted by molar-refractivity contribution is 5.84. The molecule has 5 nitrogen and oxygen atoms in total. The third-order valence-electron chi connectivity index (χ3n) is 2.69. The summed E-state index contributed by atoms with van der Waals surface area (Å²) in [6.45, 7) is 3.00. The molecule has 1 aromatic heterocycles. The van der Waals surface area contributed by atoms with Crippen molar-refractivity contribution in [3.63, 3.8) is 0 Å². The van der Waals surface area contributed by atoms with Crippen molar-refractivity contribution < 1.29 is 9.53 Å². The second-order valence-electron chi connectivity index (χ2n) is 4.08. The fourth-order valence-corrected chi connectivity index (χ4v) is 1.83. The lowest BCUT2D eigenvalue weighted by Crippen LogP contribution is -2.33. The molecule has 0 aliphatic heterocycles. The minimum atomic E-state index is -0.223. The van der Waals surface area contributed by atoms with E-state index in [1.807, 2.05) is 35.0 Å². The lowest BCUT2D eigenvalue weighted by molar-refractivity contribution is -0.121. The molecule has 2 rings (SSSR count). The number of carbonyl (C=O) groups is 1. The number of benzene rings is 1. The van der Waals surface area contributed by atoms with Gasteiger partial charge >= 0.3 is 0 Å². The Morgan fingerprint density at radius 1 is 1.44 bits per heavy atom. The van der Waals surface area contributed by atoms with Gasteiger partial charge in [-0.1, -0.05) is 6.92 Å². The maximum Gasteiger partial charge on any atom is 0.253 e. The first kappa shape index (κ1) is 12.4. The van der Waals surface area contributed by atoms with Gasteiger partial charge in [-0.15, -0.1) is 0 Å². The molecular weight excluding hydrogens is 230 g/mol. The molecule has 0 fully saturated rings. The molecule has 1 heterocycles. The number of hydrazine groups is 1. The van der Waals surface area contributed by atoms with Crippen molar-refractivity contribution in [3.05, 3.63) is 30.5 Å². The van der Waals surface area contributed by atoms with Crippen LogP contribution in [0.3, 0.4) is 0 Å². The standard InChI is InChI=1S/C13H17N3O2/c1-2-7-18-11-3-4-12-10(8-11)5-6-16(12)9-13(17)15-14/h3-6,8H,2,7,9,14H2,1H3,(H,15,17). The van der Waals surface area contributed by atoms with Gasteiger partial charge in [-0.25, -0.2) is 5.84 Å². The normalized spacial score (nSPS) is 10.6. The Morgan fingerprint density at radius 2 is 2.28 bits per heavy atom. The van der Waals surface area contributed by atoms with Crippen LogP contribution in [0.1, 0.15) is 13.3 Å². The molecule has 0 aliphatic rings. The SMILES string of the molecule is CCCOc1ccc2c(ccn2CC(=O)NN)c1. The van der Waals surface area contributed by atoms with Gasteiger partial charge in [-0.3, -0.25) is 10.2 Å². The first-order valence-electron chi connectivity index (χ1n) is 5.95. The Hall–Kier alpha value is -2.01. The number of amides is 1. The Labute approximate surface area is 105 Å². The van der Waals surface area contributed by atoms with Crippen LogP contribution in [0.25, 0.3) is 10.9 Å². The van der Waals surface area contributed by atoms with E-state index in [9.17, 15) is 4.79 Å². The van der Waals surface area contributed by atoms with Gasteiger partial charge in [0.1, 0.15) is 12.3 Å². The Balaban J connectivity index is 2.23. The first-order valence-corrected chi connectivity index (χ1v) is 5.95. The molecule has 1 aromatic carbocycles. The van der Waals surface area contributed by atoms with Crippen LogP contribution < -0.4 is 16.0 Å². The average Bonchev–Trinajstić information content (AvgIpc) is 2.78. The van der Waals surface area contributed by atoms with Gasteiger partial charge in [0, 0.05) is 17.1 Å². The number of aromatic nitrogens is 1. The topological polar surface area (TPSA) is 69.3 Å². The molecule has 1 amide bonds. The number of nitrogens with two attached hydrogens (primary N) is 1. The van der Waals surface area contributed by atoms with Gasteiger partial charge in [0.25, 0.3) is 5.91 Å². The van der Waals surface area contributed by atoms with E-state index in [1.54, 1.807) is 0 Å². The van der Waals surface area contributed by atoms with Crippen molar-refractivity contribution in [2.75, 3.05) is 6.61 Å². The number of carbonyl (C=O) groups excluding carboxylic acids is 1. The molecule has 3 N–H and O–H groups in total. The quantitative estimate of drug-likeness (QED) is 0.477. The summed E-state index contributed by atoms with van der Waals surface area (Å²) in [7, 11) is 0. The summed E-state index contributed by atoms with van der Waals surface area (Å²) in [6, 6.07) is 7.79. The third kappa shape index (κ3) is 2.62. The largest absolute Gasteiger partial charge is 0.494 e. The molecule has 5 heteroatoms. The van der Waals surface area contributed by atoms with Gasteiger partial charge < -0.3 is 9.30 Å². The number of hydrogen-bond donors (Lipinski definition) is 2. The molecule has 0 atom stereocenters. The summed E-state index contributed by atoms with van der Waals surface area (Å²) in [5.41, 5.74) is 3.11. The summed E-state index contributed by atoms with van der Waals surface area (Å²) < 4.78 is 7.41. The zero-order valence-electron chi connectivity index (χ0n) is 10.3. The third-order valence-corrected chi connectivity index (χ3v) is 2.69. The molecule has 0 aliphatic carbocycles. The molecule has 0 unspecified atom stereocenters. The van der Waals surface area contributed by atoms with Crippen molar-refractivity contribution in [1.29, 1.82) is 0 Å². The smallest absolute Gasteiger partial charge is 0.253 e. The van der Waals surface area contributed by atoms with Crippen molar-refractivity contribution in [2.45, 2.75) is 19.9 Å². The van der Waals surface area contributed by atoms with E-state index in [1.165, 1.54) is 0 Å². The van der Waals surface area contributed by atoms with E-state index in [0.29, 0.717) is 6.61 Å². The van der Waals surface area contributed by atoms with Crippen molar-refractivity contribution >= 4 is 16.8 Å². The molecule has 18 heavy (non-hydrogen) atoms. The maximum absolute atomic E-state index is 11.2. The fraction of sp³-hybridized carbons (Fsp3) is 0.308. The number of hydrogen-bond acceptors (Lipinski definition) is 3. The lowest BCUT2D eigenvalue weighted by atomic mass is 10.2. The van der Waals surface area contributed by atoms with Crippen LogP contribution in [0, 0.1) is 0 Å². The lowest BCUT2D eigenvalue weighted by Gasteiger charge is -2.06. The van der Waals surface area contributed by atoms with Crippen LogP contribution in [-0.2, 0) is 11.3 Å². The van der Waals surface area contributed by atoms with Crippen LogP contribution in [0.15, 0.2) is 30.5 Å². The van der Waals surface area contributed by atoms with Crippen LogP contribution in [0.4, 0.5) is 0 Å². The molecule has 0 saturated heterocycles. The van der Waals surface area contributed by atoms with Crippen LogP contribution in [0.2, 0.25) is 0 Å². The number of nitrogens with one attached hydrogen (secondary N) is 1. The van der Waals surface area contributed by atoms with Crippen molar-refractivity contribution in [1.82, 2.24) is 9.99 Å². The van der Waals surface area contributed by atoms with Gasteiger partial charge in [0.15, 0.2) is 0 Å². The van der Waals surface area contributed by atoms with Crippen molar-refractivity contribution in [3.8, 4) is 5.75 Å². The number of rotatable bonds is 5. The molecule has 0 spiro atoms. The monoisotopic (exact) mass is 247 g/mol. The number of fused-ring (bicyclic) bond motifs is 1. The molecular formula is C13H17N3O2. The highest BCUT2D eigenvalue weighted by Crippen LogP contribution is 2.22. The van der Waals surface area contributed by atoms with Gasteiger partial charge in [-0.2, -0.15) is 0 Å². The average molecular weight is 247 g/mol. The summed E-state index contributed by atoms with van der Waals surface area (Å²) in [4.78, 5) is 11.2. The van der Waals surface area contributed by atoms with Crippen LogP contribution >= 0.6 is 0 Å². The zero-order valence-corrected chi connectivity index (χ0v) is 10.3. The summed E-state index contributed by atoms with van der Waals surface area (Å²) in [5, 5.41) is 1.05. The molecule has 0 saturated carbocycles. The zero-order chi connectivity index (χ0) is 13.0. The first-order chi connectivity index (χ1) is 8.74. The fourth-order valence-electron chi connectivity index (χ4n) is 1.83. The molecule has 0 radical (unpaired) electrons.